The van der Waals surface area contributed by atoms with E-state index < -0.39 is 0 Å². The van der Waals surface area contributed by atoms with Crippen molar-refractivity contribution in [2.75, 3.05) is 11.4 Å². The Hall–Kier alpha value is -2.87. The lowest BCUT2D eigenvalue weighted by molar-refractivity contribution is 0.566. The molecule has 0 amide bonds. The van der Waals surface area contributed by atoms with Gasteiger partial charge in [0.15, 0.2) is 0 Å². The zero-order valence-corrected chi connectivity index (χ0v) is 16.5. The number of allylic oxidation sites excluding steroid dienone is 1. The number of fused-ring (bicyclic) bond motifs is 2. The maximum atomic E-state index is 4.79. The summed E-state index contributed by atoms with van der Waals surface area (Å²) in [4.78, 5) is 7.25. The number of aliphatic imine (C=N–C) groups is 1. The number of anilines is 1. The van der Waals surface area contributed by atoms with Gasteiger partial charge in [-0.3, -0.25) is 4.99 Å². The molecular formula is C25H26N2. The van der Waals surface area contributed by atoms with Gasteiger partial charge in [0.2, 0.25) is 0 Å². The largest absolute Gasteiger partial charge is 0.363 e. The fourth-order valence-electron chi connectivity index (χ4n) is 4.22. The summed E-state index contributed by atoms with van der Waals surface area (Å²) >= 11 is 0. The number of benzene rings is 3. The molecule has 2 heteroatoms. The number of nitrogens with zero attached hydrogens (tertiary/aromatic N) is 2. The Labute approximate surface area is 161 Å². The lowest BCUT2D eigenvalue weighted by Crippen LogP contribution is -2.44. The van der Waals surface area contributed by atoms with Crippen LogP contribution in [0.1, 0.15) is 38.8 Å². The molecule has 0 radical (unpaired) electrons. The Morgan fingerprint density at radius 2 is 1.78 bits per heavy atom. The van der Waals surface area contributed by atoms with Crippen molar-refractivity contribution in [1.82, 2.24) is 0 Å². The van der Waals surface area contributed by atoms with Gasteiger partial charge in [0.1, 0.15) is 0 Å². The van der Waals surface area contributed by atoms with Crippen molar-refractivity contribution in [3.63, 3.8) is 0 Å². The molecule has 1 aliphatic rings. The summed E-state index contributed by atoms with van der Waals surface area (Å²) < 4.78 is 0. The molecule has 0 aliphatic carbocycles. The Bertz CT molecular complexity index is 1050. The van der Waals surface area contributed by atoms with Gasteiger partial charge in [0, 0.05) is 29.4 Å². The van der Waals surface area contributed by atoms with Crippen LogP contribution >= 0.6 is 0 Å². The van der Waals surface area contributed by atoms with Crippen molar-refractivity contribution in [1.29, 1.82) is 0 Å². The van der Waals surface area contributed by atoms with Crippen molar-refractivity contribution in [3.05, 3.63) is 77.9 Å². The molecule has 2 nitrogen and oxygen atoms in total. The van der Waals surface area contributed by atoms with Crippen LogP contribution < -0.4 is 4.90 Å². The first kappa shape index (κ1) is 17.5. The smallest absolute Gasteiger partial charge is 0.0708 e. The van der Waals surface area contributed by atoms with E-state index in [2.05, 4.69) is 99.3 Å². The van der Waals surface area contributed by atoms with Gasteiger partial charge in [-0.1, -0.05) is 48.5 Å². The Morgan fingerprint density at radius 3 is 2.59 bits per heavy atom. The van der Waals surface area contributed by atoms with Crippen molar-refractivity contribution in [3.8, 4) is 0 Å². The molecule has 0 atom stereocenters. The molecule has 1 aliphatic heterocycles. The monoisotopic (exact) mass is 354 g/mol. The number of likely N-dealkylation sites (N-methyl/N-ethyl adjacent to an activating group) is 1. The highest BCUT2D eigenvalue weighted by Crippen LogP contribution is 2.39. The average Bonchev–Trinajstić information content (AvgIpc) is 2.66. The minimum Gasteiger partial charge on any atom is -0.363 e. The van der Waals surface area contributed by atoms with Crippen LogP contribution in [0.15, 0.2) is 71.7 Å². The Balaban J connectivity index is 1.72. The molecule has 3 aromatic carbocycles. The zero-order valence-electron chi connectivity index (χ0n) is 16.5. The zero-order chi connectivity index (χ0) is 19.0. The molecular weight excluding hydrogens is 328 g/mol. The first-order chi connectivity index (χ1) is 13.0. The molecule has 0 spiro atoms. The van der Waals surface area contributed by atoms with Crippen LogP contribution in [-0.2, 0) is 0 Å². The lowest BCUT2D eigenvalue weighted by Gasteiger charge is -2.42. The number of hydrogen-bond donors (Lipinski definition) is 0. The van der Waals surface area contributed by atoms with Crippen molar-refractivity contribution in [2.24, 2.45) is 4.99 Å². The summed E-state index contributed by atoms with van der Waals surface area (Å²) in [6.07, 6.45) is 4.34. The standard InChI is InChI=1S/C25H26N2/c1-5-27-24-14-13-19(15-22(24)18(2)16-25(27,3)4)17-26-23-12-8-10-20-9-6-7-11-21(20)23/h6-17H,5H2,1-4H3. The van der Waals surface area contributed by atoms with Crippen molar-refractivity contribution < 1.29 is 0 Å². The third kappa shape index (κ3) is 3.16. The predicted octanol–water partition coefficient (Wildman–Crippen LogP) is 6.61. The van der Waals surface area contributed by atoms with E-state index >= 15 is 0 Å². The van der Waals surface area contributed by atoms with Crippen LogP contribution in [0.4, 0.5) is 11.4 Å². The Kier molecular flexibility index (Phi) is 4.35. The quantitative estimate of drug-likeness (QED) is 0.483. The van der Waals surface area contributed by atoms with Crippen LogP contribution in [0.3, 0.4) is 0 Å². The molecule has 0 saturated heterocycles. The van der Waals surface area contributed by atoms with E-state index in [1.165, 1.54) is 27.6 Å². The van der Waals surface area contributed by atoms with Crippen molar-refractivity contribution in [2.45, 2.75) is 33.2 Å². The second-order valence-electron chi connectivity index (χ2n) is 7.76. The normalized spacial score (nSPS) is 15.9. The topological polar surface area (TPSA) is 15.6 Å². The molecule has 0 bridgehead atoms. The van der Waals surface area contributed by atoms with Gasteiger partial charge >= 0.3 is 0 Å². The predicted molar refractivity (Wildman–Crippen MR) is 118 cm³/mol. The van der Waals surface area contributed by atoms with Gasteiger partial charge in [-0.15, -0.1) is 0 Å². The minimum absolute atomic E-state index is 0.0460. The van der Waals surface area contributed by atoms with Crippen LogP contribution in [0, 0.1) is 0 Å². The van der Waals surface area contributed by atoms with Crippen molar-refractivity contribution >= 4 is 33.9 Å². The first-order valence-corrected chi connectivity index (χ1v) is 9.63. The fraction of sp³-hybridized carbons (Fsp3) is 0.240. The summed E-state index contributed by atoms with van der Waals surface area (Å²) in [6, 6.07) is 21.3. The highest BCUT2D eigenvalue weighted by Gasteiger charge is 2.29. The fourth-order valence-corrected chi connectivity index (χ4v) is 4.22. The van der Waals surface area contributed by atoms with Crippen LogP contribution in [-0.4, -0.2) is 18.3 Å². The summed E-state index contributed by atoms with van der Waals surface area (Å²) in [5, 5.41) is 2.40. The second-order valence-corrected chi connectivity index (χ2v) is 7.76. The summed E-state index contributed by atoms with van der Waals surface area (Å²) in [6.45, 7) is 9.97. The van der Waals surface area contributed by atoms with E-state index in [4.69, 9.17) is 4.99 Å². The molecule has 1 heterocycles. The van der Waals surface area contributed by atoms with E-state index in [1.807, 2.05) is 6.21 Å². The molecule has 0 fully saturated rings. The van der Waals surface area contributed by atoms with Gasteiger partial charge in [0.25, 0.3) is 0 Å². The van der Waals surface area contributed by atoms with Crippen LogP contribution in [0.25, 0.3) is 16.3 Å². The highest BCUT2D eigenvalue weighted by atomic mass is 15.2. The lowest BCUT2D eigenvalue weighted by atomic mass is 9.88. The molecule has 0 saturated carbocycles. The summed E-state index contributed by atoms with van der Waals surface area (Å²) in [7, 11) is 0. The maximum absolute atomic E-state index is 4.79. The third-order valence-corrected chi connectivity index (χ3v) is 5.44. The van der Waals surface area contributed by atoms with E-state index in [0.29, 0.717) is 0 Å². The van der Waals surface area contributed by atoms with Crippen LogP contribution in [0.2, 0.25) is 0 Å². The van der Waals surface area contributed by atoms with E-state index in [1.54, 1.807) is 0 Å². The van der Waals surface area contributed by atoms with Gasteiger partial charge in [-0.05, 0) is 62.4 Å². The minimum atomic E-state index is 0.0460. The molecule has 0 unspecified atom stereocenters. The summed E-state index contributed by atoms with van der Waals surface area (Å²) in [5.41, 5.74) is 6.13. The molecule has 3 aromatic rings. The number of hydrogen-bond acceptors (Lipinski definition) is 2. The average molecular weight is 354 g/mol. The van der Waals surface area contributed by atoms with E-state index in [-0.39, 0.29) is 5.54 Å². The van der Waals surface area contributed by atoms with Crippen LogP contribution in [0.5, 0.6) is 0 Å². The van der Waals surface area contributed by atoms with Gasteiger partial charge in [0.05, 0.1) is 11.2 Å². The molecule has 136 valence electrons. The van der Waals surface area contributed by atoms with E-state index in [0.717, 1.165) is 17.8 Å². The maximum Gasteiger partial charge on any atom is 0.0708 e. The third-order valence-electron chi connectivity index (χ3n) is 5.44. The highest BCUT2D eigenvalue weighted by molar-refractivity contribution is 5.96. The summed E-state index contributed by atoms with van der Waals surface area (Å²) in [5.74, 6) is 0. The SMILES string of the molecule is CCN1c2ccc(C=Nc3cccc4ccccc34)cc2C(C)=CC1(C)C. The second kappa shape index (κ2) is 6.70. The van der Waals surface area contributed by atoms with Gasteiger partial charge < -0.3 is 4.90 Å². The molecule has 4 rings (SSSR count). The van der Waals surface area contributed by atoms with E-state index in [9.17, 15) is 0 Å². The van der Waals surface area contributed by atoms with Gasteiger partial charge in [-0.2, -0.15) is 0 Å². The first-order valence-electron chi connectivity index (χ1n) is 9.63. The van der Waals surface area contributed by atoms with Gasteiger partial charge in [-0.25, -0.2) is 0 Å². The molecule has 0 aromatic heterocycles. The molecule has 27 heavy (non-hydrogen) atoms. The Morgan fingerprint density at radius 1 is 1.00 bits per heavy atom. The molecule has 0 N–H and O–H groups in total. The number of rotatable bonds is 3.